The Bertz CT molecular complexity index is 1030. The Morgan fingerprint density at radius 3 is 2.59 bits per heavy atom. The van der Waals surface area contributed by atoms with E-state index in [0.29, 0.717) is 23.0 Å². The minimum absolute atomic E-state index is 0.0221. The van der Waals surface area contributed by atoms with Gasteiger partial charge in [0, 0.05) is 30.0 Å². The van der Waals surface area contributed by atoms with E-state index >= 15 is 0 Å². The highest BCUT2D eigenvalue weighted by Gasteiger charge is 2.31. The molecule has 1 amide bonds. The van der Waals surface area contributed by atoms with Gasteiger partial charge in [-0.3, -0.25) is 14.8 Å². The molecule has 1 aliphatic heterocycles. The van der Waals surface area contributed by atoms with Crippen molar-refractivity contribution in [3.05, 3.63) is 77.5 Å². The van der Waals surface area contributed by atoms with E-state index < -0.39 is 0 Å². The van der Waals surface area contributed by atoms with E-state index in [0.717, 1.165) is 36.5 Å². The Morgan fingerprint density at radius 2 is 1.86 bits per heavy atom. The number of anilines is 1. The van der Waals surface area contributed by atoms with E-state index in [1.54, 1.807) is 24.3 Å². The topological polar surface area (TPSA) is 72.1 Å². The number of benzene rings is 1. The largest absolute Gasteiger partial charge is 0.397 e. The molecule has 6 heteroatoms. The summed E-state index contributed by atoms with van der Waals surface area (Å²) in [7, 11) is 0. The zero-order chi connectivity index (χ0) is 20.4. The maximum atomic E-state index is 13.1. The van der Waals surface area contributed by atoms with E-state index in [9.17, 15) is 9.18 Å². The number of carbonyl (C=O) groups excluding carboxylic acids is 1. The summed E-state index contributed by atoms with van der Waals surface area (Å²) in [6.07, 6.45) is 1.04. The van der Waals surface area contributed by atoms with Crippen molar-refractivity contribution in [2.75, 3.05) is 18.8 Å². The molecule has 148 valence electrons. The zero-order valence-electron chi connectivity index (χ0n) is 16.3. The number of likely N-dealkylation sites (tertiary alicyclic amines) is 1. The Morgan fingerprint density at radius 1 is 1.10 bits per heavy atom. The van der Waals surface area contributed by atoms with E-state index in [1.807, 2.05) is 30.0 Å². The first-order chi connectivity index (χ1) is 14.0. The molecule has 2 aromatic heterocycles. The number of nitrogens with zero attached hydrogens (tertiary/aromatic N) is 3. The molecule has 0 bridgehead atoms. The summed E-state index contributed by atoms with van der Waals surface area (Å²) in [5, 5.41) is 0. The molecule has 1 fully saturated rings. The van der Waals surface area contributed by atoms with Crippen LogP contribution in [0.25, 0.3) is 11.3 Å². The smallest absolute Gasteiger partial charge is 0.228 e. The van der Waals surface area contributed by atoms with Crippen molar-refractivity contribution in [2.24, 2.45) is 5.92 Å². The molecule has 3 aromatic rings. The predicted molar refractivity (Wildman–Crippen MR) is 110 cm³/mol. The first kappa shape index (κ1) is 19.1. The number of nitrogens with two attached hydrogens (primary N) is 1. The molecule has 0 radical (unpaired) electrons. The Kier molecular flexibility index (Phi) is 5.25. The van der Waals surface area contributed by atoms with Gasteiger partial charge in [-0.05, 0) is 67.8 Å². The lowest BCUT2D eigenvalue weighted by Gasteiger charge is -2.39. The third-order valence-corrected chi connectivity index (χ3v) is 5.22. The van der Waals surface area contributed by atoms with Crippen LogP contribution in [-0.4, -0.2) is 33.9 Å². The second kappa shape index (κ2) is 7.99. The van der Waals surface area contributed by atoms with Crippen molar-refractivity contribution < 1.29 is 9.18 Å². The van der Waals surface area contributed by atoms with E-state index in [2.05, 4.69) is 9.97 Å². The number of pyridine rings is 2. The van der Waals surface area contributed by atoms with Crippen LogP contribution in [0.5, 0.6) is 0 Å². The number of nitrogen functional groups attached to an aromatic ring is 1. The summed E-state index contributed by atoms with van der Waals surface area (Å²) in [6.45, 7) is 3.44. The lowest BCUT2D eigenvalue weighted by molar-refractivity contribution is -0.136. The minimum Gasteiger partial charge on any atom is -0.397 e. The maximum absolute atomic E-state index is 13.1. The number of hydrogen-bond donors (Lipinski definition) is 1. The molecule has 0 spiro atoms. The minimum atomic E-state index is -0.298. The van der Waals surface area contributed by atoms with Crippen LogP contribution in [0.15, 0.2) is 54.6 Å². The van der Waals surface area contributed by atoms with Crippen molar-refractivity contribution in [1.82, 2.24) is 14.9 Å². The Hall–Kier alpha value is -3.28. The SMILES string of the molecule is Cc1cccc(CC2CN(C(=O)Cc3nc(-c4ccc(F)cc4)ccc3N)C2)n1. The van der Waals surface area contributed by atoms with Crippen LogP contribution < -0.4 is 5.73 Å². The second-order valence-electron chi connectivity index (χ2n) is 7.56. The first-order valence-corrected chi connectivity index (χ1v) is 9.69. The van der Waals surface area contributed by atoms with Gasteiger partial charge in [0.2, 0.25) is 5.91 Å². The molecule has 5 nitrogen and oxygen atoms in total. The van der Waals surface area contributed by atoms with Crippen LogP contribution in [0.4, 0.5) is 10.1 Å². The molecule has 1 aliphatic rings. The third kappa shape index (κ3) is 4.42. The summed E-state index contributed by atoms with van der Waals surface area (Å²) in [6, 6.07) is 15.7. The number of aryl methyl sites for hydroxylation is 1. The van der Waals surface area contributed by atoms with Crippen LogP contribution >= 0.6 is 0 Å². The van der Waals surface area contributed by atoms with Crippen LogP contribution in [0, 0.1) is 18.7 Å². The number of carbonyl (C=O) groups is 1. The van der Waals surface area contributed by atoms with Crippen LogP contribution in [-0.2, 0) is 17.6 Å². The number of aromatic nitrogens is 2. The van der Waals surface area contributed by atoms with Crippen molar-refractivity contribution in [3.63, 3.8) is 0 Å². The molecule has 0 saturated carbocycles. The molecule has 1 saturated heterocycles. The molecule has 2 N–H and O–H groups in total. The summed E-state index contributed by atoms with van der Waals surface area (Å²) >= 11 is 0. The maximum Gasteiger partial charge on any atom is 0.228 e. The van der Waals surface area contributed by atoms with Gasteiger partial charge in [-0.15, -0.1) is 0 Å². The van der Waals surface area contributed by atoms with Crippen LogP contribution in [0.2, 0.25) is 0 Å². The fourth-order valence-corrected chi connectivity index (χ4v) is 3.60. The Labute approximate surface area is 169 Å². The fraction of sp³-hybridized carbons (Fsp3) is 0.261. The van der Waals surface area contributed by atoms with Gasteiger partial charge in [0.25, 0.3) is 0 Å². The number of halogens is 1. The molecular formula is C23H23FN4O. The van der Waals surface area contributed by atoms with E-state index in [-0.39, 0.29) is 18.1 Å². The molecule has 4 rings (SSSR count). The molecule has 29 heavy (non-hydrogen) atoms. The van der Waals surface area contributed by atoms with Crippen molar-refractivity contribution >= 4 is 11.6 Å². The number of amides is 1. The third-order valence-electron chi connectivity index (χ3n) is 5.22. The summed E-state index contributed by atoms with van der Waals surface area (Å²) in [5.74, 6) is 0.158. The molecule has 3 heterocycles. The van der Waals surface area contributed by atoms with Gasteiger partial charge in [-0.1, -0.05) is 6.07 Å². The number of rotatable bonds is 5. The monoisotopic (exact) mass is 390 g/mol. The van der Waals surface area contributed by atoms with Gasteiger partial charge < -0.3 is 10.6 Å². The molecular weight excluding hydrogens is 367 g/mol. The lowest BCUT2D eigenvalue weighted by Crippen LogP contribution is -2.51. The highest BCUT2D eigenvalue weighted by molar-refractivity contribution is 5.81. The predicted octanol–water partition coefficient (Wildman–Crippen LogP) is 3.42. The summed E-state index contributed by atoms with van der Waals surface area (Å²) in [4.78, 5) is 23.6. The number of hydrogen-bond acceptors (Lipinski definition) is 4. The van der Waals surface area contributed by atoms with Gasteiger partial charge in [0.15, 0.2) is 0 Å². The second-order valence-corrected chi connectivity index (χ2v) is 7.56. The average molecular weight is 390 g/mol. The van der Waals surface area contributed by atoms with Gasteiger partial charge in [-0.25, -0.2) is 4.39 Å². The average Bonchev–Trinajstić information content (AvgIpc) is 2.67. The van der Waals surface area contributed by atoms with E-state index in [1.165, 1.54) is 12.1 Å². The fourth-order valence-electron chi connectivity index (χ4n) is 3.60. The molecule has 0 unspecified atom stereocenters. The highest BCUT2D eigenvalue weighted by atomic mass is 19.1. The summed E-state index contributed by atoms with van der Waals surface area (Å²) < 4.78 is 13.1. The van der Waals surface area contributed by atoms with Gasteiger partial charge in [0.05, 0.1) is 23.5 Å². The van der Waals surface area contributed by atoms with Crippen LogP contribution in [0.3, 0.4) is 0 Å². The van der Waals surface area contributed by atoms with Crippen molar-refractivity contribution in [1.29, 1.82) is 0 Å². The van der Waals surface area contributed by atoms with Gasteiger partial charge in [0.1, 0.15) is 5.82 Å². The van der Waals surface area contributed by atoms with Crippen molar-refractivity contribution in [3.8, 4) is 11.3 Å². The van der Waals surface area contributed by atoms with Gasteiger partial charge >= 0.3 is 0 Å². The molecule has 0 aliphatic carbocycles. The highest BCUT2D eigenvalue weighted by Crippen LogP contribution is 2.24. The summed E-state index contributed by atoms with van der Waals surface area (Å²) in [5.41, 5.74) is 10.6. The standard InChI is InChI=1S/C23H23FN4O/c1-15-3-2-4-19(26-15)11-16-13-28(14-16)23(29)12-22-20(25)9-10-21(27-22)17-5-7-18(24)8-6-17/h2-10,16H,11-14,25H2,1H3. The normalized spacial score (nSPS) is 13.9. The van der Waals surface area contributed by atoms with Gasteiger partial charge in [-0.2, -0.15) is 0 Å². The van der Waals surface area contributed by atoms with E-state index in [4.69, 9.17) is 5.73 Å². The zero-order valence-corrected chi connectivity index (χ0v) is 16.3. The quantitative estimate of drug-likeness (QED) is 0.725. The first-order valence-electron chi connectivity index (χ1n) is 9.69. The molecule has 1 aromatic carbocycles. The van der Waals surface area contributed by atoms with Crippen LogP contribution in [0.1, 0.15) is 17.1 Å². The lowest BCUT2D eigenvalue weighted by atomic mass is 9.93. The molecule has 0 atom stereocenters. The Balaban J connectivity index is 1.37. The van der Waals surface area contributed by atoms with Crippen molar-refractivity contribution in [2.45, 2.75) is 19.8 Å².